The Bertz CT molecular complexity index is 508. The van der Waals surface area contributed by atoms with Crippen molar-refractivity contribution in [2.75, 3.05) is 19.7 Å². The molecule has 1 aromatic rings. The first kappa shape index (κ1) is 17.0. The van der Waals surface area contributed by atoms with Gasteiger partial charge in [0.15, 0.2) is 0 Å². The summed E-state index contributed by atoms with van der Waals surface area (Å²) in [5.74, 6) is 1.76. The van der Waals surface area contributed by atoms with Crippen molar-refractivity contribution in [3.05, 3.63) is 41.5 Å². The number of hydrogen-bond acceptors (Lipinski definition) is 3. The lowest BCUT2D eigenvalue weighted by molar-refractivity contribution is 0.126. The summed E-state index contributed by atoms with van der Waals surface area (Å²) in [5, 5.41) is 10.3. The van der Waals surface area contributed by atoms with E-state index in [1.165, 1.54) is 5.56 Å². The van der Waals surface area contributed by atoms with Crippen LogP contribution in [-0.4, -0.2) is 29.7 Å². The van der Waals surface area contributed by atoms with Crippen molar-refractivity contribution >= 4 is 0 Å². The number of ether oxygens (including phenoxy) is 1. The van der Waals surface area contributed by atoms with Gasteiger partial charge in [0.05, 0.1) is 6.10 Å². The summed E-state index contributed by atoms with van der Waals surface area (Å²) in [5.41, 5.74) is 2.16. The van der Waals surface area contributed by atoms with Crippen molar-refractivity contribution in [2.24, 2.45) is 11.8 Å². The molecule has 0 bridgehead atoms. The van der Waals surface area contributed by atoms with Crippen LogP contribution in [0.4, 0.5) is 0 Å². The van der Waals surface area contributed by atoms with Crippen LogP contribution < -0.4 is 4.74 Å². The van der Waals surface area contributed by atoms with E-state index in [1.54, 1.807) is 0 Å². The zero-order valence-corrected chi connectivity index (χ0v) is 14.2. The van der Waals surface area contributed by atoms with Crippen LogP contribution in [0.3, 0.4) is 0 Å². The van der Waals surface area contributed by atoms with Crippen LogP contribution in [0, 0.1) is 11.8 Å². The molecule has 1 atom stereocenters. The molecular weight excluding hydrogens is 274 g/mol. The number of aliphatic hydroxyl groups is 1. The van der Waals surface area contributed by atoms with Gasteiger partial charge in [-0.1, -0.05) is 45.9 Å². The van der Waals surface area contributed by atoms with Crippen LogP contribution in [0.1, 0.15) is 44.9 Å². The predicted octanol–water partition coefficient (Wildman–Crippen LogP) is 3.78. The van der Waals surface area contributed by atoms with Gasteiger partial charge in [-0.25, -0.2) is 0 Å². The molecule has 0 amide bonds. The topological polar surface area (TPSA) is 32.7 Å². The lowest BCUT2D eigenvalue weighted by atomic mass is 9.97. The lowest BCUT2D eigenvalue weighted by Crippen LogP contribution is -2.25. The normalized spacial score (nSPS) is 17.6. The number of benzene rings is 1. The van der Waals surface area contributed by atoms with Crippen molar-refractivity contribution in [1.82, 2.24) is 4.90 Å². The van der Waals surface area contributed by atoms with E-state index in [0.717, 1.165) is 30.9 Å². The van der Waals surface area contributed by atoms with Crippen LogP contribution in [0.5, 0.6) is 5.75 Å². The summed E-state index contributed by atoms with van der Waals surface area (Å²) in [7, 11) is 0. The standard InChI is InChI=1S/C19H29NO2/c1-14(2)6-5-9-20-10-11-22-18-8-7-16(12-17(18)13-20)19(21)15(3)4/h5-8,12,14-15,19,21H,9-11,13H2,1-4H3/b6-5+/t19-/m0/s1. The summed E-state index contributed by atoms with van der Waals surface area (Å²) in [4.78, 5) is 2.39. The van der Waals surface area contributed by atoms with Crippen molar-refractivity contribution < 1.29 is 9.84 Å². The van der Waals surface area contributed by atoms with E-state index < -0.39 is 6.10 Å². The minimum Gasteiger partial charge on any atom is -0.492 e. The molecule has 1 heterocycles. The Labute approximate surface area is 134 Å². The molecule has 122 valence electrons. The second-order valence-electron chi connectivity index (χ2n) is 6.81. The van der Waals surface area contributed by atoms with Crippen LogP contribution in [0.25, 0.3) is 0 Å². The third kappa shape index (κ3) is 4.59. The van der Waals surface area contributed by atoms with Gasteiger partial charge < -0.3 is 9.84 Å². The van der Waals surface area contributed by atoms with E-state index in [0.29, 0.717) is 12.5 Å². The molecule has 1 aliphatic heterocycles. The Balaban J connectivity index is 2.12. The first-order chi connectivity index (χ1) is 10.5. The van der Waals surface area contributed by atoms with E-state index in [9.17, 15) is 5.11 Å². The van der Waals surface area contributed by atoms with Gasteiger partial charge in [0, 0.05) is 25.2 Å². The van der Waals surface area contributed by atoms with Crippen molar-refractivity contribution in [2.45, 2.75) is 40.3 Å². The second kappa shape index (κ2) is 7.80. The minimum atomic E-state index is -0.414. The average molecular weight is 303 g/mol. The molecule has 0 aliphatic carbocycles. The fourth-order valence-electron chi connectivity index (χ4n) is 2.68. The molecule has 3 nitrogen and oxygen atoms in total. The van der Waals surface area contributed by atoms with Gasteiger partial charge in [-0.3, -0.25) is 4.90 Å². The van der Waals surface area contributed by atoms with Gasteiger partial charge in [-0.2, -0.15) is 0 Å². The van der Waals surface area contributed by atoms with Gasteiger partial charge in [0.2, 0.25) is 0 Å². The molecule has 0 spiro atoms. The Kier molecular flexibility index (Phi) is 6.04. The molecule has 22 heavy (non-hydrogen) atoms. The smallest absolute Gasteiger partial charge is 0.123 e. The maximum Gasteiger partial charge on any atom is 0.123 e. The monoisotopic (exact) mass is 303 g/mol. The summed E-state index contributed by atoms with van der Waals surface area (Å²) < 4.78 is 5.85. The highest BCUT2D eigenvalue weighted by molar-refractivity contribution is 5.38. The van der Waals surface area contributed by atoms with E-state index >= 15 is 0 Å². The van der Waals surface area contributed by atoms with Crippen molar-refractivity contribution in [3.63, 3.8) is 0 Å². The molecule has 2 rings (SSSR count). The van der Waals surface area contributed by atoms with Gasteiger partial charge in [-0.15, -0.1) is 0 Å². The van der Waals surface area contributed by atoms with Gasteiger partial charge in [0.25, 0.3) is 0 Å². The summed E-state index contributed by atoms with van der Waals surface area (Å²) in [6.07, 6.45) is 4.07. The average Bonchev–Trinajstić information content (AvgIpc) is 2.66. The Hall–Kier alpha value is -1.32. The van der Waals surface area contributed by atoms with E-state index in [-0.39, 0.29) is 5.92 Å². The van der Waals surface area contributed by atoms with Crippen molar-refractivity contribution in [1.29, 1.82) is 0 Å². The molecule has 0 saturated heterocycles. The molecule has 0 saturated carbocycles. The summed E-state index contributed by atoms with van der Waals surface area (Å²) >= 11 is 0. The molecule has 3 heteroatoms. The van der Waals surface area contributed by atoms with Crippen molar-refractivity contribution in [3.8, 4) is 5.75 Å². The largest absolute Gasteiger partial charge is 0.492 e. The molecule has 0 unspecified atom stereocenters. The molecule has 1 aliphatic rings. The fourth-order valence-corrected chi connectivity index (χ4v) is 2.68. The fraction of sp³-hybridized carbons (Fsp3) is 0.579. The Morgan fingerprint density at radius 3 is 2.73 bits per heavy atom. The molecule has 1 N–H and O–H groups in total. The van der Waals surface area contributed by atoms with Crippen LogP contribution >= 0.6 is 0 Å². The third-order valence-electron chi connectivity index (χ3n) is 4.00. The highest BCUT2D eigenvalue weighted by Gasteiger charge is 2.18. The van der Waals surface area contributed by atoms with Crippen LogP contribution in [0.2, 0.25) is 0 Å². The van der Waals surface area contributed by atoms with E-state index in [4.69, 9.17) is 4.74 Å². The first-order valence-corrected chi connectivity index (χ1v) is 8.30. The highest BCUT2D eigenvalue weighted by atomic mass is 16.5. The zero-order chi connectivity index (χ0) is 16.1. The Morgan fingerprint density at radius 2 is 2.05 bits per heavy atom. The van der Waals surface area contributed by atoms with Gasteiger partial charge >= 0.3 is 0 Å². The first-order valence-electron chi connectivity index (χ1n) is 8.30. The van der Waals surface area contributed by atoms with Gasteiger partial charge in [0.1, 0.15) is 12.4 Å². The maximum atomic E-state index is 10.3. The lowest BCUT2D eigenvalue weighted by Gasteiger charge is -2.19. The van der Waals surface area contributed by atoms with Gasteiger partial charge in [-0.05, 0) is 29.5 Å². The highest BCUT2D eigenvalue weighted by Crippen LogP contribution is 2.29. The Morgan fingerprint density at radius 1 is 1.27 bits per heavy atom. The molecule has 1 aromatic carbocycles. The van der Waals surface area contributed by atoms with E-state index in [1.807, 2.05) is 26.0 Å². The molecular formula is C19H29NO2. The van der Waals surface area contributed by atoms with E-state index in [2.05, 4.69) is 37.0 Å². The molecule has 0 radical (unpaired) electrons. The predicted molar refractivity (Wildman–Crippen MR) is 91.0 cm³/mol. The number of fused-ring (bicyclic) bond motifs is 1. The summed E-state index contributed by atoms with van der Waals surface area (Å²) in [6, 6.07) is 6.09. The SMILES string of the molecule is CC(C)/C=C/CN1CCOc2ccc([C@@H](O)C(C)C)cc2C1. The second-order valence-corrected chi connectivity index (χ2v) is 6.81. The van der Waals surface area contributed by atoms with Crippen LogP contribution in [-0.2, 0) is 6.54 Å². The number of rotatable bonds is 5. The quantitative estimate of drug-likeness (QED) is 0.840. The number of hydrogen-bond donors (Lipinski definition) is 1. The zero-order valence-electron chi connectivity index (χ0n) is 14.2. The summed E-state index contributed by atoms with van der Waals surface area (Å²) in [6.45, 7) is 11.9. The molecule has 0 aromatic heterocycles. The minimum absolute atomic E-state index is 0.217. The van der Waals surface area contributed by atoms with Crippen LogP contribution in [0.15, 0.2) is 30.4 Å². The molecule has 0 fully saturated rings. The maximum absolute atomic E-state index is 10.3. The number of allylic oxidation sites excluding steroid dienone is 1. The third-order valence-corrected chi connectivity index (χ3v) is 4.00. The number of aliphatic hydroxyl groups excluding tert-OH is 1. The number of nitrogens with zero attached hydrogens (tertiary/aromatic N) is 1.